The van der Waals surface area contributed by atoms with Gasteiger partial charge in [-0.25, -0.2) is 0 Å². The van der Waals surface area contributed by atoms with Gasteiger partial charge < -0.3 is 28.8 Å². The van der Waals surface area contributed by atoms with E-state index in [4.69, 9.17) is 39.3 Å². The summed E-state index contributed by atoms with van der Waals surface area (Å²) < 4.78 is 31.8. The van der Waals surface area contributed by atoms with E-state index in [-0.39, 0.29) is 80.5 Å². The smallest absolute Gasteiger partial charge is 0.306 e. The number of thiophene rings is 4. The molecule has 0 aliphatic carbocycles. The molecule has 0 spiro atoms. The number of carbonyl (C=O) groups excluding carboxylic acids is 5. The average molecular weight is 1160 g/mol. The minimum Gasteiger partial charge on any atom is -0.496 e. The number of rotatable bonds is 26. The number of ether oxygens (including phenoxy) is 5. The molecule has 416 valence electrons. The van der Waals surface area contributed by atoms with Crippen LogP contribution in [0.2, 0.25) is 0 Å². The van der Waals surface area contributed by atoms with Gasteiger partial charge in [-0.15, -0.1) is 45.3 Å². The SMILES string of the molecule is COc1cc2sc(C(=O)CCC#N)cc2cc1CCCc1cc2cc(C(=O)CCC(=O)O)sc2cc1OC.COc1cc2sc(C(=O)CCC#N)cc2cc1CCCc1cc2cc(C(=O)CCC(=O)OC(C)(C)C)sc2cc1OC. The number of aryl methyl sites for hydroxylation is 4. The molecule has 4 aromatic heterocycles. The maximum absolute atomic E-state index is 12.8. The summed E-state index contributed by atoms with van der Waals surface area (Å²) in [5, 5.41) is 30.3. The fourth-order valence-corrected chi connectivity index (χ4v) is 13.3. The van der Waals surface area contributed by atoms with Gasteiger partial charge in [0.05, 0.1) is 72.9 Å². The van der Waals surface area contributed by atoms with Gasteiger partial charge in [-0.1, -0.05) is 0 Å². The second-order valence-electron chi connectivity index (χ2n) is 19.9. The molecule has 0 fully saturated rings. The number of fused-ring (bicyclic) bond motifs is 4. The Morgan fingerprint density at radius 1 is 0.438 bits per heavy atom. The van der Waals surface area contributed by atoms with Crippen molar-refractivity contribution in [3.63, 3.8) is 0 Å². The third-order valence-corrected chi connectivity index (χ3v) is 17.6. The normalized spacial score (nSPS) is 11.2. The Morgan fingerprint density at radius 2 is 0.725 bits per heavy atom. The Hall–Kier alpha value is -7.48. The zero-order valence-electron chi connectivity index (χ0n) is 45.8. The minimum absolute atomic E-state index is 0.0120. The lowest BCUT2D eigenvalue weighted by molar-refractivity contribution is -0.154. The topological polar surface area (TPSA) is 216 Å². The van der Waals surface area contributed by atoms with Gasteiger partial charge in [0.25, 0.3) is 0 Å². The number of Topliss-reactive ketones (excluding diaryl/α,β-unsaturated/α-hetero) is 4. The summed E-state index contributed by atoms with van der Waals surface area (Å²) in [6.45, 7) is 5.42. The quantitative estimate of drug-likeness (QED) is 0.0394. The number of esters is 1. The van der Waals surface area contributed by atoms with Crippen LogP contribution in [0.25, 0.3) is 40.3 Å². The van der Waals surface area contributed by atoms with Gasteiger partial charge in [0.1, 0.15) is 28.6 Å². The standard InChI is InChI=1S/C33H35NO6S2.C29H27NO6S2/c1-33(2,3)40-32(37)12-11-25(36)31-17-23-15-21(27(39-5)19-29(23)42-31)9-6-8-20-14-22-16-30(24(35)10-7-13-34)41-28(22)18-26(20)38-4;1-35-23-15-25-19(13-27(37-25)21(31)7-4-10-30)11-17(23)5-3-6-18-12-20-14-28(22(32)8-9-29(33)34)38-26(20)16-24(18)36-2/h14-19H,6-12H2,1-5H3;11-16H,3-9H2,1-2H3,(H,33,34). The van der Waals surface area contributed by atoms with Crippen LogP contribution in [0.15, 0.2) is 72.8 Å². The van der Waals surface area contributed by atoms with Crippen molar-refractivity contribution in [3.05, 3.63) is 115 Å². The third kappa shape index (κ3) is 15.7. The van der Waals surface area contributed by atoms with E-state index < -0.39 is 11.6 Å². The first-order valence-electron chi connectivity index (χ1n) is 26.1. The van der Waals surface area contributed by atoms with E-state index in [1.807, 2.05) is 87.5 Å². The highest BCUT2D eigenvalue weighted by Crippen LogP contribution is 2.39. The largest absolute Gasteiger partial charge is 0.496 e. The van der Waals surface area contributed by atoms with E-state index >= 15 is 0 Å². The minimum atomic E-state index is -0.984. The number of ketones is 4. The van der Waals surface area contributed by atoms with Crippen molar-refractivity contribution in [2.45, 2.75) is 116 Å². The van der Waals surface area contributed by atoms with Gasteiger partial charge in [0, 0.05) is 57.3 Å². The van der Waals surface area contributed by atoms with Gasteiger partial charge in [0.15, 0.2) is 23.1 Å². The lowest BCUT2D eigenvalue weighted by Gasteiger charge is -2.19. The number of hydrogen-bond acceptors (Lipinski definition) is 17. The summed E-state index contributed by atoms with van der Waals surface area (Å²) in [6, 6.07) is 27.7. The van der Waals surface area contributed by atoms with E-state index in [0.29, 0.717) is 19.5 Å². The molecule has 4 aromatic carbocycles. The van der Waals surface area contributed by atoms with E-state index in [9.17, 15) is 28.8 Å². The van der Waals surface area contributed by atoms with Gasteiger partial charge in [-0.05, 0) is 176 Å². The van der Waals surface area contributed by atoms with Crippen molar-refractivity contribution in [2.75, 3.05) is 28.4 Å². The first-order chi connectivity index (χ1) is 38.3. The first kappa shape index (κ1) is 60.2. The summed E-state index contributed by atoms with van der Waals surface area (Å²) in [6.07, 6.45) is 5.56. The summed E-state index contributed by atoms with van der Waals surface area (Å²) >= 11 is 5.61. The first-order valence-corrected chi connectivity index (χ1v) is 29.3. The lowest BCUT2D eigenvalue weighted by Crippen LogP contribution is -2.24. The molecule has 80 heavy (non-hydrogen) atoms. The number of carboxylic acids is 1. The summed E-state index contributed by atoms with van der Waals surface area (Å²) in [7, 11) is 6.56. The Morgan fingerprint density at radius 3 is 0.988 bits per heavy atom. The molecule has 8 rings (SSSR count). The number of nitrogens with zero attached hydrogens (tertiary/aromatic N) is 2. The fourth-order valence-electron chi connectivity index (χ4n) is 9.15. The third-order valence-electron chi connectivity index (χ3n) is 13.0. The molecular formula is C62H62N2O12S4. The zero-order chi connectivity index (χ0) is 57.7. The predicted octanol–water partition coefficient (Wildman–Crippen LogP) is 14.9. The molecule has 14 nitrogen and oxygen atoms in total. The molecule has 4 heterocycles. The Labute approximate surface area is 480 Å². The summed E-state index contributed by atoms with van der Waals surface area (Å²) in [5.74, 6) is 1.46. The number of aliphatic carboxylic acids is 1. The van der Waals surface area contributed by atoms with Crippen molar-refractivity contribution in [3.8, 4) is 35.1 Å². The maximum atomic E-state index is 12.8. The molecule has 0 atom stereocenters. The second kappa shape index (κ2) is 27.6. The highest BCUT2D eigenvalue weighted by atomic mass is 32.1. The number of nitriles is 2. The van der Waals surface area contributed by atoms with E-state index in [0.717, 1.165) is 124 Å². The molecule has 8 aromatic rings. The molecular weight excluding hydrogens is 1090 g/mol. The lowest BCUT2D eigenvalue weighted by atomic mass is 10.0. The van der Waals surface area contributed by atoms with Crippen LogP contribution in [0.3, 0.4) is 0 Å². The molecule has 0 radical (unpaired) electrons. The van der Waals surface area contributed by atoms with Crippen LogP contribution >= 0.6 is 45.3 Å². The molecule has 0 aliphatic heterocycles. The highest BCUT2D eigenvalue weighted by Gasteiger charge is 2.21. The van der Waals surface area contributed by atoms with Crippen LogP contribution in [0.4, 0.5) is 0 Å². The van der Waals surface area contributed by atoms with Crippen molar-refractivity contribution >= 4 is 121 Å². The number of carboxylic acid groups (broad SMARTS) is 1. The van der Waals surface area contributed by atoms with Crippen LogP contribution in [-0.2, 0) is 40.0 Å². The fraction of sp³-hybridized carbons (Fsp3) is 0.355. The van der Waals surface area contributed by atoms with Crippen molar-refractivity contribution in [2.24, 2.45) is 0 Å². The molecule has 0 unspecified atom stereocenters. The molecule has 18 heteroatoms. The zero-order valence-corrected chi connectivity index (χ0v) is 49.1. The van der Waals surface area contributed by atoms with Crippen molar-refractivity contribution in [1.82, 2.24) is 0 Å². The molecule has 0 aliphatic rings. The second-order valence-corrected chi connectivity index (χ2v) is 24.3. The van der Waals surface area contributed by atoms with E-state index in [1.165, 1.54) is 45.3 Å². The van der Waals surface area contributed by atoms with Crippen LogP contribution in [0.1, 0.15) is 146 Å². The maximum Gasteiger partial charge on any atom is 0.306 e. The number of benzene rings is 4. The van der Waals surface area contributed by atoms with Crippen LogP contribution in [-0.4, -0.2) is 74.2 Å². The molecule has 1 N–H and O–H groups in total. The molecule has 0 saturated heterocycles. The van der Waals surface area contributed by atoms with Crippen molar-refractivity contribution < 1.29 is 57.6 Å². The van der Waals surface area contributed by atoms with Crippen molar-refractivity contribution in [1.29, 1.82) is 10.5 Å². The van der Waals surface area contributed by atoms with Crippen LogP contribution in [0, 0.1) is 22.7 Å². The van der Waals surface area contributed by atoms with Gasteiger partial charge in [-0.3, -0.25) is 28.8 Å². The Bertz CT molecular complexity index is 3710. The van der Waals surface area contributed by atoms with Crippen LogP contribution in [0.5, 0.6) is 23.0 Å². The van der Waals surface area contributed by atoms with E-state index in [2.05, 4.69) is 18.2 Å². The van der Waals surface area contributed by atoms with Gasteiger partial charge in [0.2, 0.25) is 0 Å². The molecule has 0 bridgehead atoms. The number of methoxy groups -OCH3 is 4. The Balaban J connectivity index is 0.000000232. The van der Waals surface area contributed by atoms with Gasteiger partial charge in [-0.2, -0.15) is 10.5 Å². The van der Waals surface area contributed by atoms with Crippen LogP contribution < -0.4 is 18.9 Å². The van der Waals surface area contributed by atoms with E-state index in [1.54, 1.807) is 28.4 Å². The Kier molecular flexibility index (Phi) is 20.8. The highest BCUT2D eigenvalue weighted by molar-refractivity contribution is 7.22. The molecule has 0 saturated carbocycles. The average Bonchev–Trinajstić information content (AvgIpc) is 4.26. The predicted molar refractivity (Wildman–Crippen MR) is 317 cm³/mol. The monoisotopic (exact) mass is 1150 g/mol. The van der Waals surface area contributed by atoms with Gasteiger partial charge >= 0.3 is 11.9 Å². The summed E-state index contributed by atoms with van der Waals surface area (Å²) in [4.78, 5) is 75.4. The number of hydrogen-bond donors (Lipinski definition) is 1. The molecule has 0 amide bonds. The number of carbonyl (C=O) groups is 6. The summed E-state index contributed by atoms with van der Waals surface area (Å²) in [5.41, 5.74) is 3.62.